The van der Waals surface area contributed by atoms with E-state index in [0.29, 0.717) is 12.0 Å². The van der Waals surface area contributed by atoms with Crippen LogP contribution in [0.2, 0.25) is 0 Å². The molecule has 1 heterocycles. The molecule has 104 valence electrons. The SMILES string of the molecule is CC(C)NC1(C#N)CCCC1CCSc1nccs1. The quantitative estimate of drug-likeness (QED) is 0.813. The van der Waals surface area contributed by atoms with Crippen LogP contribution in [0.5, 0.6) is 0 Å². The van der Waals surface area contributed by atoms with E-state index in [1.807, 2.05) is 23.3 Å². The zero-order chi connectivity index (χ0) is 13.7. The highest BCUT2D eigenvalue weighted by Crippen LogP contribution is 2.39. The average molecular weight is 295 g/mol. The number of nitrogens with zero attached hydrogens (tertiary/aromatic N) is 2. The van der Waals surface area contributed by atoms with Gasteiger partial charge in [0, 0.05) is 23.4 Å². The van der Waals surface area contributed by atoms with E-state index in [0.717, 1.165) is 22.9 Å². The molecule has 1 aliphatic rings. The van der Waals surface area contributed by atoms with Crippen LogP contribution in [0, 0.1) is 17.2 Å². The Bertz CT molecular complexity index is 424. The molecule has 0 spiro atoms. The monoisotopic (exact) mass is 295 g/mol. The first-order chi connectivity index (χ1) is 9.16. The molecular formula is C14H21N3S2. The molecule has 3 nitrogen and oxygen atoms in total. The molecule has 1 aliphatic carbocycles. The van der Waals surface area contributed by atoms with Crippen molar-refractivity contribution in [2.45, 2.75) is 55.5 Å². The zero-order valence-electron chi connectivity index (χ0n) is 11.6. The fraction of sp³-hybridized carbons (Fsp3) is 0.714. The summed E-state index contributed by atoms with van der Waals surface area (Å²) in [5.74, 6) is 1.54. The third-order valence-corrected chi connectivity index (χ3v) is 5.67. The Kier molecular flexibility index (Phi) is 5.26. The van der Waals surface area contributed by atoms with Gasteiger partial charge in [-0.1, -0.05) is 18.2 Å². The maximum atomic E-state index is 9.59. The molecule has 5 heteroatoms. The van der Waals surface area contributed by atoms with Crippen LogP contribution in [0.3, 0.4) is 0 Å². The van der Waals surface area contributed by atoms with E-state index in [1.54, 1.807) is 11.3 Å². The van der Waals surface area contributed by atoms with Crippen LogP contribution in [0.4, 0.5) is 0 Å². The predicted molar refractivity (Wildman–Crippen MR) is 81.4 cm³/mol. The summed E-state index contributed by atoms with van der Waals surface area (Å²) in [4.78, 5) is 4.29. The molecule has 0 radical (unpaired) electrons. The van der Waals surface area contributed by atoms with Crippen LogP contribution < -0.4 is 5.32 Å². The van der Waals surface area contributed by atoms with Crippen molar-refractivity contribution in [3.63, 3.8) is 0 Å². The summed E-state index contributed by atoms with van der Waals surface area (Å²) in [5, 5.41) is 15.1. The minimum Gasteiger partial charge on any atom is -0.297 e. The van der Waals surface area contributed by atoms with Gasteiger partial charge in [0.25, 0.3) is 0 Å². The first-order valence-corrected chi connectivity index (χ1v) is 8.74. The van der Waals surface area contributed by atoms with Gasteiger partial charge in [-0.2, -0.15) is 5.26 Å². The van der Waals surface area contributed by atoms with Crippen LogP contribution in [-0.4, -0.2) is 22.3 Å². The van der Waals surface area contributed by atoms with Crippen LogP contribution in [0.1, 0.15) is 39.5 Å². The molecule has 1 fully saturated rings. The van der Waals surface area contributed by atoms with Crippen LogP contribution in [0.25, 0.3) is 0 Å². The fourth-order valence-corrected chi connectivity index (χ4v) is 4.68. The lowest BCUT2D eigenvalue weighted by Gasteiger charge is -2.32. The van der Waals surface area contributed by atoms with Gasteiger partial charge in [-0.3, -0.25) is 5.32 Å². The Labute approximate surface area is 123 Å². The first-order valence-electron chi connectivity index (χ1n) is 6.87. The summed E-state index contributed by atoms with van der Waals surface area (Å²) < 4.78 is 1.14. The van der Waals surface area contributed by atoms with E-state index in [1.165, 1.54) is 12.8 Å². The minimum absolute atomic E-state index is 0.294. The summed E-state index contributed by atoms with van der Waals surface area (Å²) >= 11 is 3.51. The highest BCUT2D eigenvalue weighted by atomic mass is 32.2. The highest BCUT2D eigenvalue weighted by molar-refractivity contribution is 8.00. The summed E-state index contributed by atoms with van der Waals surface area (Å²) in [6.07, 6.45) is 6.28. The Hall–Kier alpha value is -0.570. The summed E-state index contributed by atoms with van der Waals surface area (Å²) in [6.45, 7) is 4.25. The molecule has 0 saturated heterocycles. The van der Waals surface area contributed by atoms with Gasteiger partial charge in [-0.05, 0) is 39.0 Å². The molecule has 1 saturated carbocycles. The molecule has 0 bridgehead atoms. The normalized spacial score (nSPS) is 26.7. The number of hydrogen-bond acceptors (Lipinski definition) is 5. The number of nitrogens with one attached hydrogen (secondary N) is 1. The van der Waals surface area contributed by atoms with E-state index in [-0.39, 0.29) is 5.54 Å². The largest absolute Gasteiger partial charge is 0.297 e. The van der Waals surface area contributed by atoms with Crippen molar-refractivity contribution >= 4 is 23.1 Å². The topological polar surface area (TPSA) is 48.7 Å². The molecule has 1 aromatic heterocycles. The molecule has 2 atom stereocenters. The van der Waals surface area contributed by atoms with Crippen molar-refractivity contribution < 1.29 is 0 Å². The van der Waals surface area contributed by atoms with Crippen molar-refractivity contribution in [1.82, 2.24) is 10.3 Å². The number of nitriles is 1. The van der Waals surface area contributed by atoms with Gasteiger partial charge >= 0.3 is 0 Å². The van der Waals surface area contributed by atoms with Crippen molar-refractivity contribution in [1.29, 1.82) is 5.26 Å². The van der Waals surface area contributed by atoms with Gasteiger partial charge < -0.3 is 0 Å². The molecule has 1 aromatic rings. The van der Waals surface area contributed by atoms with Gasteiger partial charge in [0.15, 0.2) is 0 Å². The Balaban J connectivity index is 1.89. The lowest BCUT2D eigenvalue weighted by molar-refractivity contribution is 0.289. The smallest absolute Gasteiger partial charge is 0.149 e. The van der Waals surface area contributed by atoms with Gasteiger partial charge in [-0.25, -0.2) is 4.98 Å². The third-order valence-electron chi connectivity index (χ3n) is 3.67. The third kappa shape index (κ3) is 3.71. The van der Waals surface area contributed by atoms with Gasteiger partial charge in [0.2, 0.25) is 0 Å². The van der Waals surface area contributed by atoms with Crippen molar-refractivity contribution in [2.75, 3.05) is 5.75 Å². The van der Waals surface area contributed by atoms with Crippen LogP contribution >= 0.6 is 23.1 Å². The van der Waals surface area contributed by atoms with Crippen molar-refractivity contribution in [3.05, 3.63) is 11.6 Å². The fourth-order valence-electron chi connectivity index (χ4n) is 2.92. The second kappa shape index (κ2) is 6.74. The van der Waals surface area contributed by atoms with Gasteiger partial charge in [0.05, 0.1) is 6.07 Å². The molecular weight excluding hydrogens is 274 g/mol. The summed E-state index contributed by atoms with van der Waals surface area (Å²) in [6, 6.07) is 2.94. The summed E-state index contributed by atoms with van der Waals surface area (Å²) in [5.41, 5.74) is -0.294. The van der Waals surface area contributed by atoms with Crippen LogP contribution in [-0.2, 0) is 0 Å². The lowest BCUT2D eigenvalue weighted by atomic mass is 9.86. The van der Waals surface area contributed by atoms with E-state index in [4.69, 9.17) is 0 Å². The number of thiazole rings is 1. The maximum Gasteiger partial charge on any atom is 0.149 e. The number of aromatic nitrogens is 1. The molecule has 2 unspecified atom stereocenters. The lowest BCUT2D eigenvalue weighted by Crippen LogP contribution is -2.50. The van der Waals surface area contributed by atoms with Crippen molar-refractivity contribution in [3.8, 4) is 6.07 Å². The second-order valence-electron chi connectivity index (χ2n) is 5.41. The molecule has 0 aromatic carbocycles. The number of hydrogen-bond donors (Lipinski definition) is 1. The molecule has 0 aliphatic heterocycles. The van der Waals surface area contributed by atoms with Crippen LogP contribution in [0.15, 0.2) is 15.9 Å². The standard InChI is InChI=1S/C14H21N3S2/c1-11(2)17-14(10-15)6-3-4-12(14)5-8-18-13-16-7-9-19-13/h7,9,11-12,17H,3-6,8H2,1-2H3. The summed E-state index contributed by atoms with van der Waals surface area (Å²) in [7, 11) is 0. The zero-order valence-corrected chi connectivity index (χ0v) is 13.2. The minimum atomic E-state index is -0.294. The first kappa shape index (κ1) is 14.8. The maximum absolute atomic E-state index is 9.59. The average Bonchev–Trinajstić information content (AvgIpc) is 3.00. The second-order valence-corrected chi connectivity index (χ2v) is 7.64. The highest BCUT2D eigenvalue weighted by Gasteiger charge is 2.42. The van der Waals surface area contributed by atoms with E-state index >= 15 is 0 Å². The molecule has 0 amide bonds. The Morgan fingerprint density at radius 3 is 3.16 bits per heavy atom. The van der Waals surface area contributed by atoms with Crippen molar-refractivity contribution in [2.24, 2.45) is 5.92 Å². The van der Waals surface area contributed by atoms with Gasteiger partial charge in [0.1, 0.15) is 9.88 Å². The molecule has 2 rings (SSSR count). The number of thioether (sulfide) groups is 1. The molecule has 1 N–H and O–H groups in total. The predicted octanol–water partition coefficient (Wildman–Crippen LogP) is 3.69. The Morgan fingerprint density at radius 1 is 1.68 bits per heavy atom. The van der Waals surface area contributed by atoms with E-state index in [9.17, 15) is 5.26 Å². The van der Waals surface area contributed by atoms with E-state index < -0.39 is 0 Å². The molecule has 19 heavy (non-hydrogen) atoms. The Morgan fingerprint density at radius 2 is 2.53 bits per heavy atom. The van der Waals surface area contributed by atoms with E-state index in [2.05, 4.69) is 30.2 Å². The number of rotatable bonds is 6. The van der Waals surface area contributed by atoms with Gasteiger partial charge in [-0.15, -0.1) is 11.3 Å².